The SMILES string of the molecule is CC(C)(C)NCc1cc(CN2CCOC(C)(C)C2)on1. The number of morpholine rings is 1. The first-order chi connectivity index (χ1) is 9.23. The maximum absolute atomic E-state index is 5.72. The lowest BCUT2D eigenvalue weighted by molar-refractivity contribution is -0.0896. The van der Waals surface area contributed by atoms with E-state index in [-0.39, 0.29) is 11.1 Å². The third kappa shape index (κ3) is 4.89. The van der Waals surface area contributed by atoms with E-state index in [1.807, 2.05) is 6.07 Å². The van der Waals surface area contributed by atoms with Gasteiger partial charge in [0, 0.05) is 31.2 Å². The Hall–Kier alpha value is -0.910. The molecule has 0 atom stereocenters. The molecule has 1 aliphatic heterocycles. The molecule has 114 valence electrons. The van der Waals surface area contributed by atoms with Crippen molar-refractivity contribution in [2.75, 3.05) is 19.7 Å². The summed E-state index contributed by atoms with van der Waals surface area (Å²) in [6, 6.07) is 2.04. The van der Waals surface area contributed by atoms with E-state index < -0.39 is 0 Å². The molecule has 0 unspecified atom stereocenters. The van der Waals surface area contributed by atoms with E-state index in [0.717, 1.165) is 44.2 Å². The summed E-state index contributed by atoms with van der Waals surface area (Å²) in [7, 11) is 0. The summed E-state index contributed by atoms with van der Waals surface area (Å²) in [6.45, 7) is 14.9. The number of ether oxygens (including phenoxy) is 1. The van der Waals surface area contributed by atoms with E-state index in [0.29, 0.717) is 0 Å². The average Bonchev–Trinajstić information content (AvgIpc) is 2.72. The Morgan fingerprint density at radius 2 is 2.15 bits per heavy atom. The molecule has 20 heavy (non-hydrogen) atoms. The second kappa shape index (κ2) is 5.84. The number of nitrogens with zero attached hydrogens (tertiary/aromatic N) is 2. The van der Waals surface area contributed by atoms with Crippen LogP contribution < -0.4 is 5.32 Å². The minimum atomic E-state index is -0.0745. The number of hydrogen-bond donors (Lipinski definition) is 1. The van der Waals surface area contributed by atoms with Crippen molar-refractivity contribution in [2.45, 2.75) is 58.8 Å². The molecule has 5 nitrogen and oxygen atoms in total. The molecular weight excluding hydrogens is 254 g/mol. The van der Waals surface area contributed by atoms with Gasteiger partial charge in [0.05, 0.1) is 24.4 Å². The van der Waals surface area contributed by atoms with Gasteiger partial charge < -0.3 is 14.6 Å². The number of rotatable bonds is 4. The van der Waals surface area contributed by atoms with Gasteiger partial charge in [-0.25, -0.2) is 0 Å². The van der Waals surface area contributed by atoms with Crippen LogP contribution in [0.1, 0.15) is 46.1 Å². The summed E-state index contributed by atoms with van der Waals surface area (Å²) >= 11 is 0. The highest BCUT2D eigenvalue weighted by Crippen LogP contribution is 2.18. The largest absolute Gasteiger partial charge is 0.373 e. The fraction of sp³-hybridized carbons (Fsp3) is 0.800. The van der Waals surface area contributed by atoms with Crippen molar-refractivity contribution in [3.63, 3.8) is 0 Å². The zero-order chi connectivity index (χ0) is 14.8. The number of aromatic nitrogens is 1. The van der Waals surface area contributed by atoms with Gasteiger partial charge in [-0.2, -0.15) is 0 Å². The lowest BCUT2D eigenvalue weighted by Gasteiger charge is -2.37. The monoisotopic (exact) mass is 281 g/mol. The molecule has 2 heterocycles. The highest BCUT2D eigenvalue weighted by Gasteiger charge is 2.27. The molecule has 1 aromatic rings. The summed E-state index contributed by atoms with van der Waals surface area (Å²) in [6.07, 6.45) is 0. The van der Waals surface area contributed by atoms with Crippen LogP contribution in [0.5, 0.6) is 0 Å². The van der Waals surface area contributed by atoms with Gasteiger partial charge in [-0.3, -0.25) is 4.90 Å². The van der Waals surface area contributed by atoms with Crippen molar-refractivity contribution in [2.24, 2.45) is 0 Å². The Morgan fingerprint density at radius 3 is 2.80 bits per heavy atom. The Bertz CT molecular complexity index is 435. The van der Waals surface area contributed by atoms with E-state index >= 15 is 0 Å². The van der Waals surface area contributed by atoms with Gasteiger partial charge in [0.2, 0.25) is 0 Å². The molecule has 0 bridgehead atoms. The van der Waals surface area contributed by atoms with Gasteiger partial charge in [0.15, 0.2) is 5.76 Å². The predicted octanol–water partition coefficient (Wildman–Crippen LogP) is 2.17. The molecule has 2 rings (SSSR count). The quantitative estimate of drug-likeness (QED) is 0.916. The van der Waals surface area contributed by atoms with Crippen LogP contribution in [-0.2, 0) is 17.8 Å². The van der Waals surface area contributed by atoms with Gasteiger partial charge in [-0.15, -0.1) is 0 Å². The van der Waals surface area contributed by atoms with Crippen molar-refractivity contribution >= 4 is 0 Å². The lowest BCUT2D eigenvalue weighted by Crippen LogP contribution is -2.47. The van der Waals surface area contributed by atoms with Gasteiger partial charge in [0.25, 0.3) is 0 Å². The van der Waals surface area contributed by atoms with Gasteiger partial charge in [0.1, 0.15) is 0 Å². The molecule has 0 amide bonds. The van der Waals surface area contributed by atoms with Crippen LogP contribution in [0.15, 0.2) is 10.6 Å². The zero-order valence-corrected chi connectivity index (χ0v) is 13.3. The maximum atomic E-state index is 5.72. The van der Waals surface area contributed by atoms with Crippen LogP contribution in [0.4, 0.5) is 0 Å². The fourth-order valence-electron chi connectivity index (χ4n) is 2.34. The van der Waals surface area contributed by atoms with Crippen molar-refractivity contribution in [1.29, 1.82) is 0 Å². The Morgan fingerprint density at radius 1 is 1.40 bits per heavy atom. The molecule has 0 spiro atoms. The van der Waals surface area contributed by atoms with Crippen molar-refractivity contribution in [3.05, 3.63) is 17.5 Å². The van der Waals surface area contributed by atoms with Crippen LogP contribution in [-0.4, -0.2) is 40.9 Å². The minimum absolute atomic E-state index is 0.0745. The van der Waals surface area contributed by atoms with E-state index in [1.165, 1.54) is 0 Å². The average molecular weight is 281 g/mol. The normalized spacial score (nSPS) is 20.2. The number of hydrogen-bond acceptors (Lipinski definition) is 5. The predicted molar refractivity (Wildman–Crippen MR) is 78.4 cm³/mol. The van der Waals surface area contributed by atoms with E-state index in [1.54, 1.807) is 0 Å². The molecule has 1 aliphatic rings. The van der Waals surface area contributed by atoms with E-state index in [9.17, 15) is 0 Å². The van der Waals surface area contributed by atoms with Gasteiger partial charge in [-0.05, 0) is 34.6 Å². The second-order valence-corrected chi connectivity index (χ2v) is 7.21. The Kier molecular flexibility index (Phi) is 4.52. The molecule has 0 saturated carbocycles. The van der Waals surface area contributed by atoms with Crippen molar-refractivity contribution in [1.82, 2.24) is 15.4 Å². The molecule has 0 aliphatic carbocycles. The second-order valence-electron chi connectivity index (χ2n) is 7.21. The van der Waals surface area contributed by atoms with Crippen molar-refractivity contribution < 1.29 is 9.26 Å². The summed E-state index contributed by atoms with van der Waals surface area (Å²) in [5.74, 6) is 0.924. The minimum Gasteiger partial charge on any atom is -0.373 e. The van der Waals surface area contributed by atoms with Crippen LogP contribution in [0.3, 0.4) is 0 Å². The highest BCUT2D eigenvalue weighted by atomic mass is 16.5. The third-order valence-electron chi connectivity index (χ3n) is 3.29. The van der Waals surface area contributed by atoms with Crippen LogP contribution in [0, 0.1) is 0 Å². The third-order valence-corrected chi connectivity index (χ3v) is 3.29. The molecule has 0 aromatic carbocycles. The lowest BCUT2D eigenvalue weighted by atomic mass is 10.1. The standard InChI is InChI=1S/C15H27N3O2/c1-14(2,3)16-9-12-8-13(20-17-12)10-18-6-7-19-15(4,5)11-18/h8,16H,6-7,9-11H2,1-5H3. The molecule has 1 fully saturated rings. The summed E-state index contributed by atoms with van der Waals surface area (Å²) in [5, 5.41) is 7.54. The molecule has 1 aromatic heterocycles. The smallest absolute Gasteiger partial charge is 0.151 e. The summed E-state index contributed by atoms with van der Waals surface area (Å²) in [5.41, 5.74) is 0.977. The topological polar surface area (TPSA) is 50.5 Å². The molecular formula is C15H27N3O2. The Labute approximate surface area is 121 Å². The van der Waals surface area contributed by atoms with Gasteiger partial charge in [-0.1, -0.05) is 5.16 Å². The first kappa shape index (κ1) is 15.5. The molecule has 1 N–H and O–H groups in total. The van der Waals surface area contributed by atoms with Crippen LogP contribution >= 0.6 is 0 Å². The maximum Gasteiger partial charge on any atom is 0.151 e. The first-order valence-corrected chi connectivity index (χ1v) is 7.29. The van der Waals surface area contributed by atoms with Crippen LogP contribution in [0.25, 0.3) is 0 Å². The summed E-state index contributed by atoms with van der Waals surface area (Å²) < 4.78 is 11.1. The number of nitrogens with one attached hydrogen (secondary N) is 1. The van der Waals surface area contributed by atoms with Crippen molar-refractivity contribution in [3.8, 4) is 0 Å². The van der Waals surface area contributed by atoms with Gasteiger partial charge >= 0.3 is 0 Å². The zero-order valence-electron chi connectivity index (χ0n) is 13.3. The van der Waals surface area contributed by atoms with Crippen LogP contribution in [0.2, 0.25) is 0 Å². The highest BCUT2D eigenvalue weighted by molar-refractivity contribution is 5.06. The molecule has 1 saturated heterocycles. The Balaban J connectivity index is 1.86. The molecule has 5 heteroatoms. The van der Waals surface area contributed by atoms with E-state index in [2.05, 4.69) is 50.0 Å². The summed E-state index contributed by atoms with van der Waals surface area (Å²) in [4.78, 5) is 2.35. The first-order valence-electron chi connectivity index (χ1n) is 7.29. The fourth-order valence-corrected chi connectivity index (χ4v) is 2.34. The van der Waals surface area contributed by atoms with E-state index in [4.69, 9.17) is 9.26 Å². The molecule has 0 radical (unpaired) electrons.